The van der Waals surface area contributed by atoms with Crippen LogP contribution >= 0.6 is 0 Å². The maximum atomic E-state index is 12.8. The second-order valence-electron chi connectivity index (χ2n) is 6.97. The van der Waals surface area contributed by atoms with Crippen molar-refractivity contribution in [1.29, 1.82) is 0 Å². The Hall–Kier alpha value is -2.75. The molecule has 0 radical (unpaired) electrons. The van der Waals surface area contributed by atoms with Gasteiger partial charge in [-0.2, -0.15) is 0 Å². The van der Waals surface area contributed by atoms with Crippen LogP contribution in [0.25, 0.3) is 10.9 Å². The van der Waals surface area contributed by atoms with Crippen LogP contribution in [0.15, 0.2) is 48.5 Å². The number of aromatic nitrogens is 1. The first-order valence-electron chi connectivity index (χ1n) is 9.28. The van der Waals surface area contributed by atoms with Gasteiger partial charge in [-0.25, -0.2) is 0 Å². The standard InChI is InChI=1S/C22H24N2O2/c1-3-18-14-24-19(13-17-5-4-6-20(26-18)21(17)24)22(25)23-12-11-16-9-7-15(2)8-10-16/h4-10,13,18H,3,11-12,14H2,1-2H3,(H,23,25)/t18-/m1/s1. The average molecular weight is 348 g/mol. The van der Waals surface area contributed by atoms with E-state index in [1.807, 2.05) is 24.3 Å². The molecular weight excluding hydrogens is 324 g/mol. The van der Waals surface area contributed by atoms with Crippen LogP contribution in [0.2, 0.25) is 0 Å². The SMILES string of the molecule is CC[C@@H]1Cn2c(C(=O)NCCc3ccc(C)cc3)cc3cccc(c32)O1. The van der Waals surface area contributed by atoms with Crippen molar-refractivity contribution in [1.82, 2.24) is 9.88 Å². The summed E-state index contributed by atoms with van der Waals surface area (Å²) in [5, 5.41) is 4.13. The molecule has 2 heterocycles. The van der Waals surface area contributed by atoms with Gasteiger partial charge in [-0.15, -0.1) is 0 Å². The molecule has 26 heavy (non-hydrogen) atoms. The van der Waals surface area contributed by atoms with Crippen molar-refractivity contribution in [2.75, 3.05) is 6.54 Å². The number of amides is 1. The Balaban J connectivity index is 1.52. The molecule has 4 nitrogen and oxygen atoms in total. The van der Waals surface area contributed by atoms with Crippen molar-refractivity contribution < 1.29 is 9.53 Å². The molecule has 0 bridgehead atoms. The number of aryl methyl sites for hydroxylation is 1. The molecule has 1 amide bonds. The van der Waals surface area contributed by atoms with E-state index >= 15 is 0 Å². The highest BCUT2D eigenvalue weighted by atomic mass is 16.5. The maximum absolute atomic E-state index is 12.8. The van der Waals surface area contributed by atoms with E-state index in [4.69, 9.17) is 4.74 Å². The summed E-state index contributed by atoms with van der Waals surface area (Å²) >= 11 is 0. The molecule has 1 aliphatic rings. The summed E-state index contributed by atoms with van der Waals surface area (Å²) in [4.78, 5) is 12.8. The zero-order valence-electron chi connectivity index (χ0n) is 15.3. The lowest BCUT2D eigenvalue weighted by atomic mass is 10.1. The Morgan fingerprint density at radius 1 is 1.23 bits per heavy atom. The summed E-state index contributed by atoms with van der Waals surface area (Å²) in [6.07, 6.45) is 1.86. The van der Waals surface area contributed by atoms with E-state index in [1.165, 1.54) is 11.1 Å². The van der Waals surface area contributed by atoms with Gasteiger partial charge in [0.2, 0.25) is 0 Å². The van der Waals surface area contributed by atoms with Gasteiger partial charge in [0.1, 0.15) is 17.5 Å². The molecule has 0 aliphatic carbocycles. The van der Waals surface area contributed by atoms with E-state index in [1.54, 1.807) is 0 Å². The molecule has 1 N–H and O–H groups in total. The van der Waals surface area contributed by atoms with Gasteiger partial charge in [0.05, 0.1) is 12.1 Å². The van der Waals surface area contributed by atoms with Gasteiger partial charge in [0, 0.05) is 11.9 Å². The summed E-state index contributed by atoms with van der Waals surface area (Å²) in [6.45, 7) is 5.54. The first-order chi connectivity index (χ1) is 12.7. The average Bonchev–Trinajstić information content (AvgIpc) is 3.03. The number of para-hydroxylation sites is 1. The smallest absolute Gasteiger partial charge is 0.267 e. The van der Waals surface area contributed by atoms with Gasteiger partial charge in [-0.05, 0) is 37.5 Å². The highest BCUT2D eigenvalue weighted by Crippen LogP contribution is 2.34. The molecule has 1 aromatic heterocycles. The molecule has 2 aromatic carbocycles. The molecule has 0 saturated heterocycles. The topological polar surface area (TPSA) is 43.3 Å². The van der Waals surface area contributed by atoms with Crippen LogP contribution in [0.5, 0.6) is 5.75 Å². The van der Waals surface area contributed by atoms with Crippen LogP contribution in [0.4, 0.5) is 0 Å². The zero-order chi connectivity index (χ0) is 18.1. The molecule has 0 fully saturated rings. The van der Waals surface area contributed by atoms with Gasteiger partial charge in [-0.1, -0.05) is 48.9 Å². The molecule has 0 spiro atoms. The lowest BCUT2D eigenvalue weighted by molar-refractivity contribution is 0.0938. The number of ether oxygens (including phenoxy) is 1. The van der Waals surface area contributed by atoms with Crippen LogP contribution in [-0.2, 0) is 13.0 Å². The Morgan fingerprint density at radius 2 is 2.04 bits per heavy atom. The lowest BCUT2D eigenvalue weighted by Gasteiger charge is -2.26. The number of benzene rings is 2. The second-order valence-corrected chi connectivity index (χ2v) is 6.97. The Morgan fingerprint density at radius 3 is 2.81 bits per heavy atom. The van der Waals surface area contributed by atoms with Gasteiger partial charge in [0.15, 0.2) is 0 Å². The molecule has 4 rings (SSSR count). The summed E-state index contributed by atoms with van der Waals surface area (Å²) < 4.78 is 8.16. The van der Waals surface area contributed by atoms with Crippen molar-refractivity contribution in [2.45, 2.75) is 39.3 Å². The minimum absolute atomic E-state index is 0.0176. The third-order valence-electron chi connectivity index (χ3n) is 5.07. The minimum atomic E-state index is -0.0176. The Kier molecular flexibility index (Phi) is 4.41. The lowest BCUT2D eigenvalue weighted by Crippen LogP contribution is -2.32. The van der Waals surface area contributed by atoms with Crippen molar-refractivity contribution in [3.8, 4) is 5.75 Å². The van der Waals surface area contributed by atoms with Crippen molar-refractivity contribution in [3.05, 3.63) is 65.4 Å². The molecule has 0 unspecified atom stereocenters. The summed E-state index contributed by atoms with van der Waals surface area (Å²) in [6, 6.07) is 16.4. The van der Waals surface area contributed by atoms with E-state index in [9.17, 15) is 4.79 Å². The highest BCUT2D eigenvalue weighted by molar-refractivity contribution is 6.00. The van der Waals surface area contributed by atoms with Gasteiger partial charge >= 0.3 is 0 Å². The van der Waals surface area contributed by atoms with Crippen LogP contribution in [0.1, 0.15) is 35.0 Å². The number of hydrogen-bond donors (Lipinski definition) is 1. The number of carbonyl (C=O) groups is 1. The third-order valence-corrected chi connectivity index (χ3v) is 5.07. The number of carbonyl (C=O) groups excluding carboxylic acids is 1. The largest absolute Gasteiger partial charge is 0.486 e. The van der Waals surface area contributed by atoms with Gasteiger partial charge in [0.25, 0.3) is 5.91 Å². The maximum Gasteiger partial charge on any atom is 0.267 e. The van der Waals surface area contributed by atoms with Crippen LogP contribution in [0.3, 0.4) is 0 Å². The van der Waals surface area contributed by atoms with Crippen LogP contribution < -0.4 is 10.1 Å². The van der Waals surface area contributed by atoms with E-state index in [-0.39, 0.29) is 12.0 Å². The number of hydrogen-bond acceptors (Lipinski definition) is 2. The molecule has 1 atom stereocenters. The number of nitrogens with one attached hydrogen (secondary N) is 1. The molecular formula is C22H24N2O2. The number of nitrogens with zero attached hydrogens (tertiary/aromatic N) is 1. The first-order valence-corrected chi connectivity index (χ1v) is 9.28. The fourth-order valence-electron chi connectivity index (χ4n) is 3.56. The summed E-state index contributed by atoms with van der Waals surface area (Å²) in [5.41, 5.74) is 4.23. The van der Waals surface area contributed by atoms with Crippen LogP contribution in [-0.4, -0.2) is 23.1 Å². The minimum Gasteiger partial charge on any atom is -0.486 e. The Bertz CT molecular complexity index is 941. The second kappa shape index (κ2) is 6.87. The third kappa shape index (κ3) is 3.07. The van der Waals surface area contributed by atoms with Crippen molar-refractivity contribution in [2.24, 2.45) is 0 Å². The monoisotopic (exact) mass is 348 g/mol. The molecule has 4 heteroatoms. The molecule has 0 saturated carbocycles. The molecule has 134 valence electrons. The quantitative estimate of drug-likeness (QED) is 0.754. The molecule has 3 aromatic rings. The van der Waals surface area contributed by atoms with E-state index < -0.39 is 0 Å². The first kappa shape index (κ1) is 16.7. The highest BCUT2D eigenvalue weighted by Gasteiger charge is 2.25. The predicted molar refractivity (Wildman–Crippen MR) is 104 cm³/mol. The van der Waals surface area contributed by atoms with Crippen LogP contribution in [0, 0.1) is 6.92 Å². The summed E-state index contributed by atoms with van der Waals surface area (Å²) in [7, 11) is 0. The molecule has 1 aliphatic heterocycles. The van der Waals surface area contributed by atoms with Crippen molar-refractivity contribution in [3.63, 3.8) is 0 Å². The van der Waals surface area contributed by atoms with Gasteiger partial charge in [-0.3, -0.25) is 4.79 Å². The summed E-state index contributed by atoms with van der Waals surface area (Å²) in [5.74, 6) is 0.857. The van der Waals surface area contributed by atoms with Gasteiger partial charge < -0.3 is 14.6 Å². The fraction of sp³-hybridized carbons (Fsp3) is 0.318. The van der Waals surface area contributed by atoms with E-state index in [2.05, 4.69) is 48.0 Å². The van der Waals surface area contributed by atoms with Crippen molar-refractivity contribution >= 4 is 16.8 Å². The van der Waals surface area contributed by atoms with E-state index in [0.29, 0.717) is 6.54 Å². The number of rotatable bonds is 5. The fourth-order valence-corrected chi connectivity index (χ4v) is 3.56. The van der Waals surface area contributed by atoms with E-state index in [0.717, 1.165) is 41.7 Å². The predicted octanol–water partition coefficient (Wildman–Crippen LogP) is 4.09. The zero-order valence-corrected chi connectivity index (χ0v) is 15.3. The Labute approximate surface area is 153 Å². The normalized spacial score (nSPS) is 15.7.